The summed E-state index contributed by atoms with van der Waals surface area (Å²) in [7, 11) is 0. The molecule has 0 unspecified atom stereocenters. The van der Waals surface area contributed by atoms with Crippen LogP contribution in [0.1, 0.15) is 6.92 Å². The van der Waals surface area contributed by atoms with Crippen LogP contribution in [-0.2, 0) is 0 Å². The molecule has 1 atom stereocenters. The highest BCUT2D eigenvalue weighted by Crippen LogP contribution is 2.33. The Morgan fingerprint density at radius 1 is 1.47 bits per heavy atom. The van der Waals surface area contributed by atoms with Gasteiger partial charge in [0, 0.05) is 12.4 Å². The molecule has 0 radical (unpaired) electrons. The van der Waals surface area contributed by atoms with E-state index < -0.39 is 0 Å². The van der Waals surface area contributed by atoms with Crippen molar-refractivity contribution < 1.29 is 5.11 Å². The molecule has 0 aromatic carbocycles. The van der Waals surface area contributed by atoms with E-state index in [-0.39, 0.29) is 12.5 Å². The molecular weight excluding hydrogens is 274 g/mol. The van der Waals surface area contributed by atoms with E-state index in [4.69, 9.17) is 5.11 Å². The van der Waals surface area contributed by atoms with Gasteiger partial charge in [0.2, 0.25) is 0 Å². The van der Waals surface area contributed by atoms with E-state index in [0.29, 0.717) is 0 Å². The van der Waals surface area contributed by atoms with Gasteiger partial charge >= 0.3 is 0 Å². The van der Waals surface area contributed by atoms with Crippen LogP contribution in [0.2, 0.25) is 0 Å². The summed E-state index contributed by atoms with van der Waals surface area (Å²) >= 11 is 4.91. The van der Waals surface area contributed by atoms with E-state index >= 15 is 0 Å². The van der Waals surface area contributed by atoms with Crippen molar-refractivity contribution in [1.82, 2.24) is 15.0 Å². The van der Waals surface area contributed by atoms with Gasteiger partial charge in [0.25, 0.3) is 0 Å². The summed E-state index contributed by atoms with van der Waals surface area (Å²) in [4.78, 5) is 12.9. The maximum absolute atomic E-state index is 9.01. The van der Waals surface area contributed by atoms with Crippen molar-refractivity contribution >= 4 is 45.2 Å². The molecule has 0 bridgehead atoms. The lowest BCUT2D eigenvalue weighted by Crippen LogP contribution is -2.03. The zero-order valence-electron chi connectivity index (χ0n) is 9.58. The summed E-state index contributed by atoms with van der Waals surface area (Å²) in [6, 6.07) is 0. The minimum atomic E-state index is 0.208. The van der Waals surface area contributed by atoms with Crippen molar-refractivity contribution in [2.45, 2.75) is 16.3 Å². The summed E-state index contributed by atoms with van der Waals surface area (Å²) in [5.74, 6) is 1.13. The van der Waals surface area contributed by atoms with Gasteiger partial charge < -0.3 is 5.11 Å². The SMILES string of the molecule is CSc1nc2ncnc(SC[C@H](C)CO)c2s1. The predicted octanol–water partition coefficient (Wildman–Crippen LogP) is 2.53. The number of thiazole rings is 1. The molecule has 0 fully saturated rings. The largest absolute Gasteiger partial charge is 0.396 e. The van der Waals surface area contributed by atoms with Crippen molar-refractivity contribution in [2.24, 2.45) is 5.92 Å². The average molecular weight is 287 g/mol. The second-order valence-corrected chi connectivity index (χ2v) is 6.68. The molecule has 0 aliphatic rings. The van der Waals surface area contributed by atoms with Crippen LogP contribution in [-0.4, -0.2) is 38.7 Å². The van der Waals surface area contributed by atoms with Crippen molar-refractivity contribution in [3.8, 4) is 0 Å². The molecule has 2 aromatic rings. The third-order valence-corrected chi connectivity index (χ3v) is 5.61. The summed E-state index contributed by atoms with van der Waals surface area (Å²) in [6.45, 7) is 2.23. The van der Waals surface area contributed by atoms with Crippen molar-refractivity contribution in [3.63, 3.8) is 0 Å². The highest BCUT2D eigenvalue weighted by atomic mass is 32.2. The molecular formula is C10H13N3OS3. The molecule has 2 heterocycles. The quantitative estimate of drug-likeness (QED) is 0.673. The van der Waals surface area contributed by atoms with Gasteiger partial charge in [-0.15, -0.1) is 23.1 Å². The summed E-state index contributed by atoms with van der Waals surface area (Å²) in [6.07, 6.45) is 3.56. The summed E-state index contributed by atoms with van der Waals surface area (Å²) < 4.78 is 2.06. The Kier molecular flexibility index (Phi) is 4.61. The lowest BCUT2D eigenvalue weighted by Gasteiger charge is -2.06. The molecule has 0 saturated heterocycles. The van der Waals surface area contributed by atoms with Crippen LogP contribution >= 0.6 is 34.9 Å². The van der Waals surface area contributed by atoms with Crippen LogP contribution in [0.15, 0.2) is 15.7 Å². The topological polar surface area (TPSA) is 58.9 Å². The fourth-order valence-corrected chi connectivity index (χ4v) is 3.77. The standard InChI is InChI=1S/C10H13N3OS3/c1-6(3-14)4-16-9-7-8(11-5-12-9)13-10(15-2)17-7/h5-6,14H,3-4H2,1-2H3/t6-/m1/s1. The van der Waals surface area contributed by atoms with Crippen LogP contribution in [0.25, 0.3) is 10.3 Å². The van der Waals surface area contributed by atoms with Crippen LogP contribution in [0, 0.1) is 5.92 Å². The maximum atomic E-state index is 9.01. The van der Waals surface area contributed by atoms with E-state index in [9.17, 15) is 0 Å². The van der Waals surface area contributed by atoms with E-state index in [1.807, 2.05) is 13.2 Å². The highest BCUT2D eigenvalue weighted by Gasteiger charge is 2.11. The molecule has 0 aliphatic carbocycles. The number of thioether (sulfide) groups is 2. The van der Waals surface area contributed by atoms with Gasteiger partial charge in [-0.2, -0.15) is 0 Å². The molecule has 0 aliphatic heterocycles. The Bertz CT molecular complexity index is 503. The molecule has 0 amide bonds. The van der Waals surface area contributed by atoms with E-state index in [2.05, 4.69) is 15.0 Å². The Balaban J connectivity index is 2.24. The number of nitrogens with zero attached hydrogens (tertiary/aromatic N) is 3. The lowest BCUT2D eigenvalue weighted by atomic mass is 10.2. The Labute approximate surface area is 112 Å². The van der Waals surface area contributed by atoms with Gasteiger partial charge in [0.1, 0.15) is 16.1 Å². The van der Waals surface area contributed by atoms with Crippen LogP contribution in [0.4, 0.5) is 0 Å². The number of fused-ring (bicyclic) bond motifs is 1. The highest BCUT2D eigenvalue weighted by molar-refractivity contribution is 8.00. The fraction of sp³-hybridized carbons (Fsp3) is 0.500. The Morgan fingerprint density at radius 2 is 2.29 bits per heavy atom. The van der Waals surface area contributed by atoms with Gasteiger partial charge in [0.15, 0.2) is 9.99 Å². The molecule has 2 rings (SSSR count). The second kappa shape index (κ2) is 5.99. The van der Waals surface area contributed by atoms with Crippen LogP contribution in [0.3, 0.4) is 0 Å². The van der Waals surface area contributed by atoms with Gasteiger partial charge in [-0.3, -0.25) is 0 Å². The first-order chi connectivity index (χ1) is 8.24. The second-order valence-electron chi connectivity index (χ2n) is 3.61. The molecule has 2 aromatic heterocycles. The number of hydrogen-bond acceptors (Lipinski definition) is 7. The number of hydrogen-bond donors (Lipinski definition) is 1. The molecule has 0 saturated carbocycles. The molecule has 4 nitrogen and oxygen atoms in total. The van der Waals surface area contributed by atoms with E-state index in [1.54, 1.807) is 41.2 Å². The predicted molar refractivity (Wildman–Crippen MR) is 74.0 cm³/mol. The van der Waals surface area contributed by atoms with Gasteiger partial charge in [-0.1, -0.05) is 18.7 Å². The molecule has 17 heavy (non-hydrogen) atoms. The Hall–Kier alpha value is -0.370. The number of rotatable bonds is 5. The van der Waals surface area contributed by atoms with E-state index in [1.165, 1.54) is 0 Å². The third-order valence-electron chi connectivity index (χ3n) is 2.13. The maximum Gasteiger partial charge on any atom is 0.175 e. The number of aliphatic hydroxyl groups is 1. The number of aromatic nitrogens is 3. The number of aliphatic hydroxyl groups excluding tert-OH is 1. The van der Waals surface area contributed by atoms with Gasteiger partial charge in [0.05, 0.1) is 0 Å². The normalized spacial score (nSPS) is 13.1. The lowest BCUT2D eigenvalue weighted by molar-refractivity contribution is 0.250. The van der Waals surface area contributed by atoms with Crippen LogP contribution in [0.5, 0.6) is 0 Å². The van der Waals surface area contributed by atoms with Gasteiger partial charge in [-0.25, -0.2) is 15.0 Å². The minimum Gasteiger partial charge on any atom is -0.396 e. The zero-order chi connectivity index (χ0) is 12.3. The van der Waals surface area contributed by atoms with Crippen molar-refractivity contribution in [1.29, 1.82) is 0 Å². The minimum absolute atomic E-state index is 0.208. The van der Waals surface area contributed by atoms with E-state index in [0.717, 1.165) is 25.5 Å². The smallest absolute Gasteiger partial charge is 0.175 e. The first kappa shape index (κ1) is 13.1. The third kappa shape index (κ3) is 3.09. The average Bonchev–Trinajstić information content (AvgIpc) is 2.79. The van der Waals surface area contributed by atoms with Gasteiger partial charge in [-0.05, 0) is 12.2 Å². The molecule has 0 spiro atoms. The molecule has 7 heteroatoms. The fourth-order valence-electron chi connectivity index (χ4n) is 1.18. The van der Waals surface area contributed by atoms with Crippen molar-refractivity contribution in [2.75, 3.05) is 18.6 Å². The Morgan fingerprint density at radius 3 is 3.00 bits per heavy atom. The van der Waals surface area contributed by atoms with Crippen molar-refractivity contribution in [3.05, 3.63) is 6.33 Å². The first-order valence-electron chi connectivity index (χ1n) is 5.13. The molecule has 1 N–H and O–H groups in total. The zero-order valence-corrected chi connectivity index (χ0v) is 12.0. The first-order valence-corrected chi connectivity index (χ1v) is 8.16. The molecule has 92 valence electrons. The summed E-state index contributed by atoms with van der Waals surface area (Å²) in [5.41, 5.74) is 0.772. The monoisotopic (exact) mass is 287 g/mol. The van der Waals surface area contributed by atoms with Crippen LogP contribution < -0.4 is 0 Å². The summed E-state index contributed by atoms with van der Waals surface area (Å²) in [5, 5.41) is 9.97.